The van der Waals surface area contributed by atoms with Crippen molar-refractivity contribution >= 4 is 41.8 Å². The van der Waals surface area contributed by atoms with E-state index in [9.17, 15) is 31.1 Å². The van der Waals surface area contributed by atoms with Crippen LogP contribution in [0.1, 0.15) is 50.1 Å². The van der Waals surface area contributed by atoms with Gasteiger partial charge in [0.2, 0.25) is 5.91 Å². The van der Waals surface area contributed by atoms with Gasteiger partial charge in [-0.15, -0.1) is 0 Å². The average Bonchev–Trinajstić information content (AvgIpc) is 3.56. The van der Waals surface area contributed by atoms with Crippen LogP contribution in [-0.4, -0.2) is 94.3 Å². The number of halogens is 6. The smallest absolute Gasteiger partial charge is 0.418 e. The molecule has 2 aliphatic rings. The van der Waals surface area contributed by atoms with Crippen molar-refractivity contribution in [3.63, 3.8) is 0 Å². The summed E-state index contributed by atoms with van der Waals surface area (Å²) in [5, 5.41) is 7.03. The Kier molecular flexibility index (Phi) is 14.0. The fourth-order valence-corrected chi connectivity index (χ4v) is 5.78. The maximum atomic E-state index is 14.1. The maximum absolute atomic E-state index is 14.1. The zero-order valence-electron chi connectivity index (χ0n) is 26.6. The van der Waals surface area contributed by atoms with Gasteiger partial charge in [0.15, 0.2) is 0 Å². The lowest BCUT2D eigenvalue weighted by Gasteiger charge is -2.33. The lowest BCUT2D eigenvalue weighted by Crippen LogP contribution is -2.34. The number of carbonyl (C=O) groups excluding carboxylic acids is 1. The number of likely N-dealkylation sites (tertiary alicyclic amines) is 1. The molecule has 2 aromatic heterocycles. The number of H-pyrrole nitrogens is 1. The van der Waals surface area contributed by atoms with E-state index < -0.39 is 30.4 Å². The van der Waals surface area contributed by atoms with Crippen LogP contribution in [0.25, 0.3) is 10.9 Å². The summed E-state index contributed by atoms with van der Waals surface area (Å²) >= 11 is 0. The first-order chi connectivity index (χ1) is 21.7. The van der Waals surface area contributed by atoms with E-state index in [-0.39, 0.29) is 82.6 Å². The maximum Gasteiger partial charge on any atom is 0.418 e. The van der Waals surface area contributed by atoms with E-state index in [1.807, 2.05) is 13.8 Å². The van der Waals surface area contributed by atoms with E-state index in [4.69, 9.17) is 10.5 Å². The molecule has 10 nitrogen and oxygen atoms in total. The number of aryl methyl sites for hydroxylation is 1. The Morgan fingerprint density at radius 1 is 1.25 bits per heavy atom. The number of allylic oxidation sites excluding steroid dienone is 1. The first kappa shape index (κ1) is 40.4. The van der Waals surface area contributed by atoms with Crippen LogP contribution in [0.4, 0.5) is 37.8 Å². The second kappa shape index (κ2) is 16.6. The molecule has 1 saturated heterocycles. The lowest BCUT2D eigenvalue weighted by atomic mass is 9.98. The van der Waals surface area contributed by atoms with Gasteiger partial charge < -0.3 is 20.3 Å². The molecule has 4 heterocycles. The number of rotatable bonds is 8. The summed E-state index contributed by atoms with van der Waals surface area (Å²) in [6.07, 6.45) is -0.700. The van der Waals surface area contributed by atoms with Crippen LogP contribution in [0.3, 0.4) is 0 Å². The van der Waals surface area contributed by atoms with Crippen LogP contribution in [0.2, 0.25) is 0 Å². The molecule has 0 radical (unpaired) electrons. The fourth-order valence-electron chi connectivity index (χ4n) is 5.78. The van der Waals surface area contributed by atoms with Crippen LogP contribution < -0.4 is 15.4 Å². The molecule has 268 valence electrons. The molecule has 1 atom stereocenters. The van der Waals surface area contributed by atoms with Crippen LogP contribution >= 0.6 is 13.5 Å². The number of nitrogens with zero attached hydrogens (tertiary/aromatic N) is 6. The standard InChI is InChI=1S/C22H24F5N7O.C8H14FNO.CH4.H2S/c1-11-5-15-14(7-29-32-15)18(17(11)22(25,26)27)34-4-3-13-16(8-34)30-20(31-19(13)28)35-9-12-6-21(23,24)10-33(12)2;1-3-10(4-2)8(11)6-5-7-9;;/h5,7,12H,3-4,6,8-10H2,1-2H3,(H,29,32)(H2,28,30,31);5-6H,3-4,7H2,1-2H3;1H4;1H2/b;6-5+;;/t12-;;;/m0.../s1. The van der Waals surface area contributed by atoms with Gasteiger partial charge in [0.05, 0.1) is 41.7 Å². The summed E-state index contributed by atoms with van der Waals surface area (Å²) in [6, 6.07) is 0.834. The van der Waals surface area contributed by atoms with Gasteiger partial charge in [0.25, 0.3) is 5.92 Å². The number of hydrogen-bond donors (Lipinski definition) is 2. The minimum atomic E-state index is -4.57. The number of likely N-dealkylation sites (N-methyl/N-ethyl adjacent to an activating group) is 2. The van der Waals surface area contributed by atoms with Crippen molar-refractivity contribution in [2.75, 3.05) is 57.1 Å². The highest BCUT2D eigenvalue weighted by Crippen LogP contribution is 2.44. The number of nitrogen functional groups attached to an aromatic ring is 1. The number of nitrogens with one attached hydrogen (secondary N) is 1. The molecule has 17 heteroatoms. The minimum Gasteiger partial charge on any atom is -0.462 e. The number of hydrogen-bond acceptors (Lipinski definition) is 8. The van der Waals surface area contributed by atoms with Gasteiger partial charge in [-0.25, -0.2) is 13.2 Å². The Labute approximate surface area is 283 Å². The fraction of sp³-hybridized carbons (Fsp3) is 0.548. The quantitative estimate of drug-likeness (QED) is 0.228. The highest BCUT2D eigenvalue weighted by molar-refractivity contribution is 7.59. The van der Waals surface area contributed by atoms with Gasteiger partial charge in [-0.3, -0.25) is 14.8 Å². The molecule has 0 spiro atoms. The number of fused-ring (bicyclic) bond motifs is 2. The topological polar surface area (TPSA) is 116 Å². The van der Waals surface area contributed by atoms with Crippen molar-refractivity contribution in [2.45, 2.75) is 65.7 Å². The number of amides is 1. The monoisotopic (exact) mass is 706 g/mol. The molecule has 1 aromatic carbocycles. The summed E-state index contributed by atoms with van der Waals surface area (Å²) in [4.78, 5) is 24.3. The van der Waals surface area contributed by atoms with Crippen LogP contribution in [-0.2, 0) is 23.9 Å². The normalized spacial score (nSPS) is 17.3. The molecule has 3 N–H and O–H groups in total. The molecular weight excluding hydrogens is 662 g/mol. The highest BCUT2D eigenvalue weighted by Gasteiger charge is 2.43. The number of aromatic amines is 1. The SMILES string of the molecule is C.CCN(CC)C(=O)/C=C/CF.Cc1cc2[nH]ncc2c(N2CCc3c(N)nc(OC[C@@H]4CC(F)(F)CN4C)nc3C2)c1C(F)(F)F.S. The van der Waals surface area contributed by atoms with E-state index >= 15 is 0 Å². The third-order valence-electron chi connectivity index (χ3n) is 8.06. The number of carbonyl (C=O) groups is 1. The van der Waals surface area contributed by atoms with Crippen molar-refractivity contribution < 1.29 is 35.9 Å². The van der Waals surface area contributed by atoms with Gasteiger partial charge in [-0.2, -0.15) is 41.7 Å². The van der Waals surface area contributed by atoms with Gasteiger partial charge in [-0.05, 0) is 51.9 Å². The molecule has 1 fully saturated rings. The third kappa shape index (κ3) is 9.24. The number of aromatic nitrogens is 4. The Morgan fingerprint density at radius 3 is 2.52 bits per heavy atom. The molecular formula is C31H44F6N8O2S. The summed E-state index contributed by atoms with van der Waals surface area (Å²) < 4.78 is 86.7. The molecule has 1 amide bonds. The number of ether oxygens (including phenoxy) is 1. The van der Waals surface area contributed by atoms with Gasteiger partial charge in [0, 0.05) is 49.1 Å². The summed E-state index contributed by atoms with van der Waals surface area (Å²) in [6.45, 7) is 5.88. The molecule has 48 heavy (non-hydrogen) atoms. The van der Waals surface area contributed by atoms with Gasteiger partial charge in [-0.1, -0.05) is 7.43 Å². The summed E-state index contributed by atoms with van der Waals surface area (Å²) in [7, 11) is 1.59. The Balaban J connectivity index is 0.000000534. The lowest BCUT2D eigenvalue weighted by molar-refractivity contribution is -0.137. The van der Waals surface area contributed by atoms with E-state index in [0.29, 0.717) is 41.7 Å². The first-order valence-electron chi connectivity index (χ1n) is 14.8. The predicted molar refractivity (Wildman–Crippen MR) is 179 cm³/mol. The van der Waals surface area contributed by atoms with Crippen LogP contribution in [0.5, 0.6) is 6.01 Å². The number of benzene rings is 1. The van der Waals surface area contributed by atoms with Crippen LogP contribution in [0, 0.1) is 6.92 Å². The van der Waals surface area contributed by atoms with Gasteiger partial charge in [0.1, 0.15) is 19.1 Å². The van der Waals surface area contributed by atoms with Crippen molar-refractivity contribution in [3.8, 4) is 6.01 Å². The van der Waals surface area contributed by atoms with Crippen molar-refractivity contribution in [2.24, 2.45) is 0 Å². The average molecular weight is 707 g/mol. The second-order valence-electron chi connectivity index (χ2n) is 11.2. The minimum absolute atomic E-state index is 0. The van der Waals surface area contributed by atoms with Crippen molar-refractivity contribution in [1.82, 2.24) is 30.0 Å². The van der Waals surface area contributed by atoms with E-state index in [2.05, 4.69) is 20.2 Å². The Bertz CT molecular complexity index is 1560. The zero-order valence-corrected chi connectivity index (χ0v) is 27.6. The van der Waals surface area contributed by atoms with Gasteiger partial charge >= 0.3 is 12.2 Å². The second-order valence-corrected chi connectivity index (χ2v) is 11.2. The van der Waals surface area contributed by atoms with E-state index in [0.717, 1.165) is 0 Å². The van der Waals surface area contributed by atoms with E-state index in [1.165, 1.54) is 36.2 Å². The Hall–Kier alpha value is -3.73. The van der Waals surface area contributed by atoms with Crippen molar-refractivity contribution in [3.05, 3.63) is 46.8 Å². The molecule has 0 bridgehead atoms. The number of nitrogens with two attached hydrogens (primary N) is 1. The molecule has 0 saturated carbocycles. The predicted octanol–water partition coefficient (Wildman–Crippen LogP) is 5.67. The molecule has 3 aromatic rings. The van der Waals surface area contributed by atoms with Crippen LogP contribution in [0.15, 0.2) is 24.4 Å². The molecule has 0 unspecified atom stereocenters. The van der Waals surface area contributed by atoms with E-state index in [1.54, 1.807) is 16.8 Å². The number of alkyl halides is 6. The zero-order chi connectivity index (χ0) is 33.8. The summed E-state index contributed by atoms with van der Waals surface area (Å²) in [5.41, 5.74) is 7.07. The third-order valence-corrected chi connectivity index (χ3v) is 8.06. The largest absolute Gasteiger partial charge is 0.462 e. The molecule has 5 rings (SSSR count). The first-order valence-corrected chi connectivity index (χ1v) is 14.8. The summed E-state index contributed by atoms with van der Waals surface area (Å²) in [5.74, 6) is -2.74. The van der Waals surface area contributed by atoms with Crippen molar-refractivity contribution in [1.29, 1.82) is 0 Å². The highest BCUT2D eigenvalue weighted by atomic mass is 32.1. The molecule has 0 aliphatic carbocycles. The molecule has 2 aliphatic heterocycles. The Morgan fingerprint density at radius 2 is 1.94 bits per heavy atom. The number of anilines is 2.